The van der Waals surface area contributed by atoms with Crippen LogP contribution in [0.2, 0.25) is 0 Å². The zero-order valence-electron chi connectivity index (χ0n) is 16.0. The van der Waals surface area contributed by atoms with Crippen LogP contribution in [-0.4, -0.2) is 39.4 Å². The summed E-state index contributed by atoms with van der Waals surface area (Å²) in [6.45, 7) is 1.36. The first-order valence-electron chi connectivity index (χ1n) is 9.40. The van der Waals surface area contributed by atoms with Gasteiger partial charge in [-0.1, -0.05) is 18.2 Å². The van der Waals surface area contributed by atoms with Gasteiger partial charge in [-0.15, -0.1) is 0 Å². The van der Waals surface area contributed by atoms with Gasteiger partial charge in [-0.3, -0.25) is 14.9 Å². The molecule has 2 aromatic carbocycles. The van der Waals surface area contributed by atoms with E-state index in [-0.39, 0.29) is 28.9 Å². The zero-order valence-corrected chi connectivity index (χ0v) is 16.0. The van der Waals surface area contributed by atoms with Crippen molar-refractivity contribution in [2.75, 3.05) is 23.3 Å². The molecule has 4 rings (SSSR count). The van der Waals surface area contributed by atoms with Crippen LogP contribution in [-0.2, 0) is 7.05 Å². The number of anilines is 2. The van der Waals surface area contributed by atoms with Crippen LogP contribution in [0.4, 0.5) is 17.1 Å². The molecule has 0 saturated carbocycles. The number of para-hydroxylation sites is 1. The molecule has 3 aromatic rings. The normalized spacial score (nSPS) is 16.0. The third kappa shape index (κ3) is 3.82. The molecule has 0 bridgehead atoms. The summed E-state index contributed by atoms with van der Waals surface area (Å²) in [5.41, 5.74) is 1.76. The van der Waals surface area contributed by atoms with Gasteiger partial charge in [0, 0.05) is 55.9 Å². The molecule has 0 spiro atoms. The molecule has 1 aliphatic heterocycles. The minimum Gasteiger partial charge on any atom is -0.380 e. The molecule has 1 aliphatic rings. The minimum atomic E-state index is -0.428. The second-order valence-electron chi connectivity index (χ2n) is 7.09. The molecule has 148 valence electrons. The zero-order chi connectivity index (χ0) is 20.4. The van der Waals surface area contributed by atoms with Gasteiger partial charge in [-0.2, -0.15) is 0 Å². The number of nitro benzene ring substituents is 1. The van der Waals surface area contributed by atoms with Crippen LogP contribution in [0.5, 0.6) is 0 Å². The number of benzene rings is 2. The molecule has 8 heteroatoms. The van der Waals surface area contributed by atoms with Gasteiger partial charge in [0.05, 0.1) is 4.92 Å². The maximum atomic E-state index is 12.7. The van der Waals surface area contributed by atoms with Crippen LogP contribution >= 0.6 is 0 Å². The quantitative estimate of drug-likeness (QED) is 0.394. The maximum Gasteiger partial charge on any atom is 0.293 e. The number of rotatable bonds is 6. The van der Waals surface area contributed by atoms with Crippen molar-refractivity contribution in [3.05, 3.63) is 82.4 Å². The molecular formula is C21H21N5O3. The first kappa shape index (κ1) is 18.7. The van der Waals surface area contributed by atoms with Gasteiger partial charge in [-0.05, 0) is 30.7 Å². The van der Waals surface area contributed by atoms with Crippen LogP contribution in [0.3, 0.4) is 0 Å². The topological polar surface area (TPSA) is 93.3 Å². The van der Waals surface area contributed by atoms with Gasteiger partial charge in [-0.25, -0.2) is 4.98 Å². The lowest BCUT2D eigenvalue weighted by molar-refractivity contribution is -0.384. The van der Waals surface area contributed by atoms with Crippen molar-refractivity contribution >= 4 is 22.8 Å². The molecule has 0 aliphatic carbocycles. The van der Waals surface area contributed by atoms with E-state index in [1.165, 1.54) is 12.3 Å². The second-order valence-corrected chi connectivity index (χ2v) is 7.09. The number of carbonyl (C=O) groups excluding carboxylic acids is 1. The maximum absolute atomic E-state index is 12.7. The van der Waals surface area contributed by atoms with Crippen LogP contribution in [0.15, 0.2) is 60.9 Å². The SMILES string of the molecule is Cn1ccnc1C(=O)c1ccc(N2CCC(Nc3ccccc3)C2)c([N+](=O)[O-])c1. The lowest BCUT2D eigenvalue weighted by Crippen LogP contribution is -2.26. The number of aryl methyl sites for hydroxylation is 1. The fourth-order valence-electron chi connectivity index (χ4n) is 3.66. The van der Waals surface area contributed by atoms with Gasteiger partial charge in [0.1, 0.15) is 5.69 Å². The summed E-state index contributed by atoms with van der Waals surface area (Å²) in [7, 11) is 1.72. The predicted molar refractivity (Wildman–Crippen MR) is 110 cm³/mol. The smallest absolute Gasteiger partial charge is 0.293 e. The first-order valence-corrected chi connectivity index (χ1v) is 9.40. The lowest BCUT2D eigenvalue weighted by Gasteiger charge is -2.20. The van der Waals surface area contributed by atoms with Gasteiger partial charge in [0.15, 0.2) is 5.82 Å². The molecular weight excluding hydrogens is 370 g/mol. The summed E-state index contributed by atoms with van der Waals surface area (Å²) in [5.74, 6) is -0.0856. The van der Waals surface area contributed by atoms with Crippen LogP contribution in [0.25, 0.3) is 0 Å². The third-order valence-electron chi connectivity index (χ3n) is 5.13. The number of nitro groups is 1. The molecule has 1 saturated heterocycles. The molecule has 0 radical (unpaired) electrons. The monoisotopic (exact) mass is 391 g/mol. The van der Waals surface area contributed by atoms with E-state index in [0.717, 1.165) is 12.1 Å². The Bertz CT molecular complexity index is 1050. The van der Waals surface area contributed by atoms with Crippen molar-refractivity contribution in [1.29, 1.82) is 0 Å². The highest BCUT2D eigenvalue weighted by Crippen LogP contribution is 2.32. The van der Waals surface area contributed by atoms with Crippen molar-refractivity contribution in [2.45, 2.75) is 12.5 Å². The Morgan fingerprint density at radius 1 is 1.24 bits per heavy atom. The summed E-state index contributed by atoms with van der Waals surface area (Å²) in [6, 6.07) is 14.8. The number of hydrogen-bond donors (Lipinski definition) is 1. The largest absolute Gasteiger partial charge is 0.380 e. The second kappa shape index (κ2) is 7.75. The third-order valence-corrected chi connectivity index (χ3v) is 5.13. The van der Waals surface area contributed by atoms with Gasteiger partial charge in [0.2, 0.25) is 5.78 Å². The summed E-state index contributed by atoms with van der Waals surface area (Å²) in [5, 5.41) is 15.2. The van der Waals surface area contributed by atoms with E-state index in [2.05, 4.69) is 10.3 Å². The average Bonchev–Trinajstić information content (AvgIpc) is 3.36. The number of nitrogens with zero attached hydrogens (tertiary/aromatic N) is 4. The predicted octanol–water partition coefficient (Wildman–Crippen LogP) is 3.25. The highest BCUT2D eigenvalue weighted by atomic mass is 16.6. The highest BCUT2D eigenvalue weighted by molar-refractivity contribution is 6.07. The van der Waals surface area contributed by atoms with Crippen LogP contribution in [0, 0.1) is 10.1 Å². The Balaban J connectivity index is 1.55. The molecule has 1 N–H and O–H groups in total. The Morgan fingerprint density at radius 2 is 2.03 bits per heavy atom. The molecule has 1 fully saturated rings. The standard InChI is InChI=1S/C21H21N5O3/c1-24-12-10-22-21(24)20(27)15-7-8-18(19(13-15)26(28)29)25-11-9-17(14-25)23-16-5-3-2-4-6-16/h2-8,10,12-13,17,23H,9,11,14H2,1H3. The van der Waals surface area contributed by atoms with Gasteiger partial charge in [0.25, 0.3) is 5.69 Å². The van der Waals surface area contributed by atoms with Gasteiger partial charge >= 0.3 is 0 Å². The molecule has 8 nitrogen and oxygen atoms in total. The number of aromatic nitrogens is 2. The number of hydrogen-bond acceptors (Lipinski definition) is 6. The van der Waals surface area contributed by atoms with E-state index < -0.39 is 4.92 Å². The summed E-state index contributed by atoms with van der Waals surface area (Å²) >= 11 is 0. The fraction of sp³-hybridized carbons (Fsp3) is 0.238. The van der Waals surface area contributed by atoms with Gasteiger partial charge < -0.3 is 14.8 Å². The number of ketones is 1. The van der Waals surface area contributed by atoms with E-state index in [4.69, 9.17) is 0 Å². The fourth-order valence-corrected chi connectivity index (χ4v) is 3.66. The van der Waals surface area contributed by atoms with Crippen molar-refractivity contribution in [1.82, 2.24) is 9.55 Å². The minimum absolute atomic E-state index is 0.0644. The van der Waals surface area contributed by atoms with Crippen molar-refractivity contribution < 1.29 is 9.72 Å². The molecule has 1 aromatic heterocycles. The summed E-state index contributed by atoms with van der Waals surface area (Å²) < 4.78 is 1.60. The summed E-state index contributed by atoms with van der Waals surface area (Å²) in [4.78, 5) is 30.0. The molecule has 1 unspecified atom stereocenters. The Labute approximate surface area is 167 Å². The lowest BCUT2D eigenvalue weighted by atomic mass is 10.1. The molecule has 0 amide bonds. The van der Waals surface area contributed by atoms with Crippen molar-refractivity contribution in [3.8, 4) is 0 Å². The summed E-state index contributed by atoms with van der Waals surface area (Å²) in [6.07, 6.45) is 4.07. The van der Waals surface area contributed by atoms with Crippen molar-refractivity contribution in [2.24, 2.45) is 7.05 Å². The molecule has 29 heavy (non-hydrogen) atoms. The Kier molecular flexibility index (Phi) is 4.99. The number of carbonyl (C=O) groups is 1. The molecule has 2 heterocycles. The van der Waals surface area contributed by atoms with Crippen molar-refractivity contribution in [3.63, 3.8) is 0 Å². The number of imidazole rings is 1. The molecule has 1 atom stereocenters. The Morgan fingerprint density at radius 3 is 2.72 bits per heavy atom. The van der Waals surface area contributed by atoms with E-state index in [1.807, 2.05) is 35.2 Å². The average molecular weight is 391 g/mol. The van der Waals surface area contributed by atoms with Crippen LogP contribution in [0.1, 0.15) is 22.6 Å². The first-order chi connectivity index (χ1) is 14.0. The Hall–Kier alpha value is -3.68. The highest BCUT2D eigenvalue weighted by Gasteiger charge is 2.29. The van der Waals surface area contributed by atoms with E-state index in [0.29, 0.717) is 18.8 Å². The van der Waals surface area contributed by atoms with Crippen LogP contribution < -0.4 is 10.2 Å². The van der Waals surface area contributed by atoms with E-state index in [1.54, 1.807) is 29.9 Å². The van der Waals surface area contributed by atoms with E-state index >= 15 is 0 Å². The van der Waals surface area contributed by atoms with E-state index in [9.17, 15) is 14.9 Å². The number of nitrogens with one attached hydrogen (secondary N) is 1.